The average Bonchev–Trinajstić information content (AvgIpc) is 3.47. The van der Waals surface area contributed by atoms with Crippen molar-refractivity contribution in [2.24, 2.45) is 56.7 Å². The number of aromatic carboxylic acids is 1. The number of carboxylic acids is 1. The lowest BCUT2D eigenvalue weighted by atomic mass is 9.32. The maximum absolute atomic E-state index is 15.5. The second kappa shape index (κ2) is 12.7. The number of nitrogens with zero attached hydrogens (tertiary/aromatic N) is 1. The minimum atomic E-state index is -2.57. The molecule has 6 aliphatic rings. The van der Waals surface area contributed by atoms with Gasteiger partial charge in [0.1, 0.15) is 5.82 Å². The third kappa shape index (κ3) is 5.56. The highest BCUT2D eigenvalue weighted by molar-refractivity contribution is 5.88. The van der Waals surface area contributed by atoms with E-state index in [1.54, 1.807) is 6.07 Å². The molecule has 1 amide bonds. The highest BCUT2D eigenvalue weighted by Crippen LogP contribution is 2.77. The molecule has 52 heavy (non-hydrogen) atoms. The predicted octanol–water partition coefficient (Wildman–Crippen LogP) is 10.0. The van der Waals surface area contributed by atoms with Crippen LogP contribution in [0, 0.1) is 62.5 Å². The number of nitrogens with one attached hydrogen (secondary N) is 1. The number of hydrogen-bond donors (Lipinski definition) is 2. The molecule has 1 saturated heterocycles. The Kier molecular flexibility index (Phi) is 9.23. The number of piperidine rings is 1. The quantitative estimate of drug-likeness (QED) is 0.275. The van der Waals surface area contributed by atoms with Crippen LogP contribution >= 0.6 is 0 Å². The summed E-state index contributed by atoms with van der Waals surface area (Å²) < 4.78 is 43.0. The number of carboxylic acid groups (broad SMARTS) is 1. The van der Waals surface area contributed by atoms with E-state index in [0.29, 0.717) is 55.4 Å². The molecule has 286 valence electrons. The van der Waals surface area contributed by atoms with Gasteiger partial charge in [-0.3, -0.25) is 4.79 Å². The van der Waals surface area contributed by atoms with Crippen molar-refractivity contribution in [1.82, 2.24) is 10.2 Å². The van der Waals surface area contributed by atoms with Crippen molar-refractivity contribution in [2.45, 2.75) is 118 Å². The van der Waals surface area contributed by atoms with Gasteiger partial charge in [-0.05, 0) is 134 Å². The molecule has 2 N–H and O–H groups in total. The second-order valence-electron chi connectivity index (χ2n) is 19.3. The van der Waals surface area contributed by atoms with E-state index in [0.717, 1.165) is 69.4 Å². The van der Waals surface area contributed by atoms with E-state index in [1.807, 2.05) is 0 Å². The minimum absolute atomic E-state index is 0.0270. The maximum atomic E-state index is 15.5. The van der Waals surface area contributed by atoms with Crippen molar-refractivity contribution in [3.63, 3.8) is 0 Å². The summed E-state index contributed by atoms with van der Waals surface area (Å²) in [6, 6.07) is 4.34. The van der Waals surface area contributed by atoms with E-state index >= 15 is 4.39 Å². The van der Waals surface area contributed by atoms with Crippen LogP contribution in [0.4, 0.5) is 13.2 Å². The fourth-order valence-corrected chi connectivity index (χ4v) is 14.1. The van der Waals surface area contributed by atoms with Gasteiger partial charge in [0.05, 0.1) is 11.0 Å². The molecule has 1 aromatic carbocycles. The van der Waals surface area contributed by atoms with Gasteiger partial charge in [-0.1, -0.05) is 58.9 Å². The van der Waals surface area contributed by atoms with Gasteiger partial charge < -0.3 is 15.3 Å². The van der Waals surface area contributed by atoms with Crippen molar-refractivity contribution < 1.29 is 27.9 Å². The number of carbonyl (C=O) groups excluding carboxylic acids is 1. The molecule has 5 aliphatic carbocycles. The molecule has 4 saturated carbocycles. The Bertz CT molecular complexity index is 1660. The van der Waals surface area contributed by atoms with Gasteiger partial charge in [-0.2, -0.15) is 0 Å². The molecule has 0 spiro atoms. The summed E-state index contributed by atoms with van der Waals surface area (Å²) in [6.07, 6.45) is 11.0. The first kappa shape index (κ1) is 37.7. The fourth-order valence-electron chi connectivity index (χ4n) is 14.1. The normalized spacial score (nSPS) is 40.7. The smallest absolute Gasteiger partial charge is 0.335 e. The average molecular weight is 723 g/mol. The molecule has 1 aromatic rings. The Morgan fingerprint density at radius 1 is 0.923 bits per heavy atom. The molecule has 3 unspecified atom stereocenters. The lowest BCUT2D eigenvalue weighted by molar-refractivity contribution is -0.225. The molecule has 5 nitrogen and oxygen atoms in total. The molecule has 1 aliphatic heterocycles. The largest absolute Gasteiger partial charge is 0.478 e. The summed E-state index contributed by atoms with van der Waals surface area (Å²) in [5.41, 5.74) is 2.13. The summed E-state index contributed by atoms with van der Waals surface area (Å²) in [6.45, 7) is 20.7. The van der Waals surface area contributed by atoms with Crippen molar-refractivity contribution in [1.29, 1.82) is 0 Å². The molecule has 8 heteroatoms. The van der Waals surface area contributed by atoms with Gasteiger partial charge in [0, 0.05) is 44.6 Å². The standard InChI is InChI=1S/C44H61F3N2O3/c1-27(2)29-12-17-43(38(52)48-22-25-49-23-20-44(46,47)21-24-49)19-18-41(6)32(36(29)43)10-11-35-40(5)15-13-31(30-9-8-28(37(50)51)26-33(30)45)39(3,4)34(40)14-16-42(35,41)7/h8-9,13,26,29,32,34-36H,1,10-12,14-25H2,2-7H3,(H,48,52)(H,50,51)/t29-,32+,34?,35?,36?,40-,41+,42+,43-/m0/s1. The van der Waals surface area contributed by atoms with E-state index in [1.165, 1.54) is 11.6 Å². The van der Waals surface area contributed by atoms with Crippen molar-refractivity contribution in [2.75, 3.05) is 26.2 Å². The number of allylic oxidation sites excluding steroid dienone is 3. The number of rotatable bonds is 7. The Balaban J connectivity index is 1.15. The van der Waals surface area contributed by atoms with Crippen LogP contribution in [0.2, 0.25) is 0 Å². The summed E-state index contributed by atoms with van der Waals surface area (Å²) in [7, 11) is 0. The van der Waals surface area contributed by atoms with Crippen LogP contribution < -0.4 is 5.32 Å². The van der Waals surface area contributed by atoms with E-state index < -0.39 is 23.1 Å². The lowest BCUT2D eigenvalue weighted by Crippen LogP contribution is -2.66. The van der Waals surface area contributed by atoms with E-state index in [-0.39, 0.29) is 51.9 Å². The van der Waals surface area contributed by atoms with Gasteiger partial charge >= 0.3 is 5.97 Å². The molecule has 0 aromatic heterocycles. The number of alkyl halides is 2. The topological polar surface area (TPSA) is 69.6 Å². The fraction of sp³-hybridized carbons (Fsp3) is 0.727. The van der Waals surface area contributed by atoms with E-state index in [2.05, 4.69) is 64.4 Å². The third-order valence-electron chi connectivity index (χ3n) is 16.9. The SMILES string of the molecule is C=C(C)[C@@H]1CC[C@]2(C(=O)NCCN3CCC(F)(F)CC3)CC[C@]3(C)[C@H](CCC4[C@@]5(C)CC=C(c6ccc(C(=O)O)cc6F)C(C)(C)C5CC[C@]43C)C12. The molecular weight excluding hydrogens is 661 g/mol. The van der Waals surface area contributed by atoms with Gasteiger partial charge in [-0.15, -0.1) is 0 Å². The summed E-state index contributed by atoms with van der Waals surface area (Å²) in [4.78, 5) is 28.0. The number of likely N-dealkylation sites (tertiary alicyclic amines) is 1. The Morgan fingerprint density at radius 3 is 2.29 bits per heavy atom. The molecule has 7 rings (SSSR count). The minimum Gasteiger partial charge on any atom is -0.478 e. The zero-order valence-corrected chi connectivity index (χ0v) is 32.4. The van der Waals surface area contributed by atoms with Gasteiger partial charge in [0.15, 0.2) is 0 Å². The number of fused-ring (bicyclic) bond motifs is 7. The number of halogens is 3. The van der Waals surface area contributed by atoms with Gasteiger partial charge in [-0.25, -0.2) is 18.0 Å². The van der Waals surface area contributed by atoms with Crippen molar-refractivity contribution in [3.05, 3.63) is 53.4 Å². The highest BCUT2D eigenvalue weighted by Gasteiger charge is 2.71. The van der Waals surface area contributed by atoms with Crippen LogP contribution in [0.25, 0.3) is 5.57 Å². The molecule has 0 radical (unpaired) electrons. The molecule has 5 fully saturated rings. The van der Waals surface area contributed by atoms with Gasteiger partial charge in [0.2, 0.25) is 5.91 Å². The first-order valence-corrected chi connectivity index (χ1v) is 20.1. The number of amides is 1. The molecular formula is C44H61F3N2O3. The highest BCUT2D eigenvalue weighted by atomic mass is 19.3. The lowest BCUT2D eigenvalue weighted by Gasteiger charge is -2.72. The van der Waals surface area contributed by atoms with Crippen LogP contribution in [0.5, 0.6) is 0 Å². The zero-order chi connectivity index (χ0) is 37.6. The monoisotopic (exact) mass is 722 g/mol. The van der Waals surface area contributed by atoms with Crippen LogP contribution in [0.3, 0.4) is 0 Å². The van der Waals surface area contributed by atoms with Crippen LogP contribution in [-0.2, 0) is 4.79 Å². The van der Waals surface area contributed by atoms with E-state index in [9.17, 15) is 23.5 Å². The first-order valence-electron chi connectivity index (χ1n) is 20.1. The first-order chi connectivity index (χ1) is 24.3. The maximum Gasteiger partial charge on any atom is 0.335 e. The summed E-state index contributed by atoms with van der Waals surface area (Å²) in [5, 5.41) is 12.8. The number of hydrogen-bond acceptors (Lipinski definition) is 3. The zero-order valence-electron chi connectivity index (χ0n) is 32.4. The van der Waals surface area contributed by atoms with Crippen LogP contribution in [0.15, 0.2) is 36.4 Å². The molecule has 9 atom stereocenters. The van der Waals surface area contributed by atoms with Crippen molar-refractivity contribution >= 4 is 17.4 Å². The van der Waals surface area contributed by atoms with Crippen molar-refractivity contribution in [3.8, 4) is 0 Å². The Labute approximate surface area is 309 Å². The van der Waals surface area contributed by atoms with E-state index in [4.69, 9.17) is 0 Å². The summed E-state index contributed by atoms with van der Waals surface area (Å²) >= 11 is 0. The third-order valence-corrected chi connectivity index (χ3v) is 16.9. The number of carbonyl (C=O) groups is 2. The Hall–Kier alpha value is -2.61. The Morgan fingerprint density at radius 2 is 1.63 bits per heavy atom. The predicted molar refractivity (Wildman–Crippen MR) is 199 cm³/mol. The van der Waals surface area contributed by atoms with Gasteiger partial charge in [0.25, 0.3) is 5.92 Å². The molecule has 0 bridgehead atoms. The van der Waals surface area contributed by atoms with Crippen LogP contribution in [0.1, 0.15) is 128 Å². The van der Waals surface area contributed by atoms with Crippen LogP contribution in [-0.4, -0.2) is 54.0 Å². The molecule has 1 heterocycles. The summed E-state index contributed by atoms with van der Waals surface area (Å²) in [5.74, 6) is -2.19. The number of benzene rings is 1. The second-order valence-corrected chi connectivity index (χ2v) is 19.3.